The zero-order chi connectivity index (χ0) is 14.1. The van der Waals surface area contributed by atoms with Crippen molar-refractivity contribution in [3.63, 3.8) is 0 Å². The zero-order valence-corrected chi connectivity index (χ0v) is 11.9. The summed E-state index contributed by atoms with van der Waals surface area (Å²) in [4.78, 5) is 0. The highest BCUT2D eigenvalue weighted by Gasteiger charge is 2.09. The van der Waals surface area contributed by atoms with Gasteiger partial charge in [0, 0.05) is 12.1 Å². The van der Waals surface area contributed by atoms with Crippen LogP contribution in [0.4, 0.5) is 0 Å². The van der Waals surface area contributed by atoms with Crippen LogP contribution < -0.4 is 4.74 Å². The molecule has 2 N–H and O–H groups in total. The van der Waals surface area contributed by atoms with E-state index in [1.807, 2.05) is 12.2 Å². The topological polar surface area (TPSA) is 49.7 Å². The third-order valence-electron chi connectivity index (χ3n) is 2.85. The molecule has 1 aromatic carbocycles. The summed E-state index contributed by atoms with van der Waals surface area (Å²) in [5, 5.41) is 19.4. The van der Waals surface area contributed by atoms with Crippen molar-refractivity contribution < 1.29 is 14.9 Å². The molecule has 0 amide bonds. The van der Waals surface area contributed by atoms with E-state index >= 15 is 0 Å². The van der Waals surface area contributed by atoms with Crippen molar-refractivity contribution in [1.82, 2.24) is 0 Å². The van der Waals surface area contributed by atoms with Crippen LogP contribution in [0.25, 0.3) is 6.08 Å². The number of phenols is 2. The summed E-state index contributed by atoms with van der Waals surface area (Å²) in [6.45, 7) is 4.84. The van der Waals surface area contributed by atoms with Gasteiger partial charge in [-0.05, 0) is 12.8 Å². The van der Waals surface area contributed by atoms with Gasteiger partial charge in [-0.2, -0.15) is 0 Å². The number of hydrogen-bond acceptors (Lipinski definition) is 3. The van der Waals surface area contributed by atoms with Gasteiger partial charge in [-0.15, -0.1) is 0 Å². The molecule has 0 fully saturated rings. The van der Waals surface area contributed by atoms with Crippen LogP contribution in [-0.2, 0) is 0 Å². The average Bonchev–Trinajstić information content (AvgIpc) is 2.37. The van der Waals surface area contributed by atoms with Crippen molar-refractivity contribution in [2.24, 2.45) is 0 Å². The highest BCUT2D eigenvalue weighted by atomic mass is 16.5. The van der Waals surface area contributed by atoms with Gasteiger partial charge in [0.25, 0.3) is 0 Å². The predicted octanol–water partition coefficient (Wildman–Crippen LogP) is 4.48. The Labute approximate surface area is 115 Å². The van der Waals surface area contributed by atoms with Crippen molar-refractivity contribution in [2.45, 2.75) is 46.0 Å². The minimum absolute atomic E-state index is 0.0237. The van der Waals surface area contributed by atoms with Gasteiger partial charge in [0.2, 0.25) is 0 Å². The van der Waals surface area contributed by atoms with Gasteiger partial charge in [-0.25, -0.2) is 0 Å². The quantitative estimate of drug-likeness (QED) is 0.681. The standard InChI is InChI=1S/C16H24O3/c1-3-5-7-9-14-15(18)11-13(17)12-16(14)19-10-8-6-4-2/h7,9,11-12,17-18H,3-6,8,10H2,1-2H3. The lowest BCUT2D eigenvalue weighted by atomic mass is 10.1. The summed E-state index contributed by atoms with van der Waals surface area (Å²) in [6.07, 6.45) is 9.10. The molecule has 0 saturated carbocycles. The Morgan fingerprint density at radius 1 is 1.11 bits per heavy atom. The molecule has 0 saturated heterocycles. The van der Waals surface area contributed by atoms with E-state index in [1.54, 1.807) is 6.07 Å². The molecule has 0 aliphatic heterocycles. The fraction of sp³-hybridized carbons (Fsp3) is 0.500. The van der Waals surface area contributed by atoms with Crippen LogP contribution >= 0.6 is 0 Å². The van der Waals surface area contributed by atoms with Crippen LogP contribution in [0, 0.1) is 0 Å². The first-order valence-electron chi connectivity index (χ1n) is 7.04. The SMILES string of the molecule is CCCC=Cc1c(O)cc(O)cc1OCCCCC. The summed E-state index contributed by atoms with van der Waals surface area (Å²) < 4.78 is 5.66. The zero-order valence-electron chi connectivity index (χ0n) is 11.9. The first-order chi connectivity index (χ1) is 9.19. The van der Waals surface area contributed by atoms with Crippen molar-refractivity contribution in [3.8, 4) is 17.2 Å². The molecule has 1 rings (SSSR count). The molecular formula is C16H24O3. The second-order valence-corrected chi connectivity index (χ2v) is 4.62. The monoisotopic (exact) mass is 264 g/mol. The molecule has 19 heavy (non-hydrogen) atoms. The Hall–Kier alpha value is -1.64. The van der Waals surface area contributed by atoms with E-state index < -0.39 is 0 Å². The highest BCUT2D eigenvalue weighted by Crippen LogP contribution is 2.34. The second-order valence-electron chi connectivity index (χ2n) is 4.62. The number of ether oxygens (including phenoxy) is 1. The predicted molar refractivity (Wildman–Crippen MR) is 78.7 cm³/mol. The van der Waals surface area contributed by atoms with Crippen LogP contribution in [0.5, 0.6) is 17.2 Å². The van der Waals surface area contributed by atoms with Gasteiger partial charge >= 0.3 is 0 Å². The Balaban J connectivity index is 2.80. The molecule has 0 bridgehead atoms. The van der Waals surface area contributed by atoms with E-state index in [-0.39, 0.29) is 11.5 Å². The van der Waals surface area contributed by atoms with Gasteiger partial charge in [-0.3, -0.25) is 0 Å². The van der Waals surface area contributed by atoms with Crippen molar-refractivity contribution in [2.75, 3.05) is 6.61 Å². The summed E-state index contributed by atoms with van der Waals surface area (Å²) in [5.74, 6) is 0.620. The van der Waals surface area contributed by atoms with Crippen LogP contribution in [-0.4, -0.2) is 16.8 Å². The number of benzene rings is 1. The third-order valence-corrected chi connectivity index (χ3v) is 2.85. The molecule has 1 aromatic rings. The van der Waals surface area contributed by atoms with Gasteiger partial charge in [0.1, 0.15) is 17.2 Å². The summed E-state index contributed by atoms with van der Waals surface area (Å²) in [6, 6.07) is 2.89. The second kappa shape index (κ2) is 8.46. The maximum absolute atomic E-state index is 9.88. The highest BCUT2D eigenvalue weighted by molar-refractivity contribution is 5.65. The number of rotatable bonds is 8. The average molecular weight is 264 g/mol. The van der Waals surface area contributed by atoms with Gasteiger partial charge < -0.3 is 14.9 Å². The maximum Gasteiger partial charge on any atom is 0.133 e. The van der Waals surface area contributed by atoms with E-state index in [1.165, 1.54) is 6.07 Å². The van der Waals surface area contributed by atoms with E-state index in [0.29, 0.717) is 17.9 Å². The first kappa shape index (κ1) is 15.4. The minimum atomic E-state index is 0.0237. The Morgan fingerprint density at radius 2 is 1.89 bits per heavy atom. The van der Waals surface area contributed by atoms with Gasteiger partial charge in [-0.1, -0.05) is 45.3 Å². The third kappa shape index (κ3) is 5.25. The smallest absolute Gasteiger partial charge is 0.133 e. The molecule has 106 valence electrons. The Kier molecular flexibility index (Phi) is 6.86. The lowest BCUT2D eigenvalue weighted by Crippen LogP contribution is -1.98. The van der Waals surface area contributed by atoms with Gasteiger partial charge in [0.05, 0.1) is 12.2 Å². The van der Waals surface area contributed by atoms with E-state index in [4.69, 9.17) is 4.74 Å². The van der Waals surface area contributed by atoms with Crippen LogP contribution in [0.2, 0.25) is 0 Å². The van der Waals surface area contributed by atoms with Crippen molar-refractivity contribution in [1.29, 1.82) is 0 Å². The lowest BCUT2D eigenvalue weighted by molar-refractivity contribution is 0.302. The van der Waals surface area contributed by atoms with E-state index in [9.17, 15) is 10.2 Å². The molecule has 0 atom stereocenters. The fourth-order valence-corrected chi connectivity index (χ4v) is 1.79. The largest absolute Gasteiger partial charge is 0.508 e. The van der Waals surface area contributed by atoms with Crippen LogP contribution in [0.15, 0.2) is 18.2 Å². The number of allylic oxidation sites excluding steroid dienone is 1. The van der Waals surface area contributed by atoms with E-state index in [0.717, 1.165) is 32.1 Å². The number of phenolic OH excluding ortho intramolecular Hbond substituents is 2. The molecule has 0 spiro atoms. The summed E-state index contributed by atoms with van der Waals surface area (Å²) in [7, 11) is 0. The Bertz CT molecular complexity index is 411. The lowest BCUT2D eigenvalue weighted by Gasteiger charge is -2.11. The molecule has 0 heterocycles. The molecule has 0 aliphatic carbocycles. The number of aromatic hydroxyl groups is 2. The molecular weight excluding hydrogens is 240 g/mol. The number of unbranched alkanes of at least 4 members (excludes halogenated alkanes) is 3. The molecule has 0 aliphatic rings. The molecule has 3 nitrogen and oxygen atoms in total. The van der Waals surface area contributed by atoms with E-state index in [2.05, 4.69) is 13.8 Å². The van der Waals surface area contributed by atoms with Crippen molar-refractivity contribution >= 4 is 6.08 Å². The maximum atomic E-state index is 9.88. The number of hydrogen-bond donors (Lipinski definition) is 2. The summed E-state index contributed by atoms with van der Waals surface area (Å²) >= 11 is 0. The van der Waals surface area contributed by atoms with Crippen molar-refractivity contribution in [3.05, 3.63) is 23.8 Å². The fourth-order valence-electron chi connectivity index (χ4n) is 1.79. The first-order valence-corrected chi connectivity index (χ1v) is 7.04. The molecule has 3 heteroatoms. The normalized spacial score (nSPS) is 11.1. The minimum Gasteiger partial charge on any atom is -0.508 e. The summed E-state index contributed by atoms with van der Waals surface area (Å²) in [5.41, 5.74) is 0.641. The van der Waals surface area contributed by atoms with Crippen LogP contribution in [0.1, 0.15) is 51.5 Å². The molecule has 0 aromatic heterocycles. The molecule has 0 radical (unpaired) electrons. The molecule has 0 unspecified atom stereocenters. The van der Waals surface area contributed by atoms with Crippen LogP contribution in [0.3, 0.4) is 0 Å². The van der Waals surface area contributed by atoms with Gasteiger partial charge in [0.15, 0.2) is 0 Å². The Morgan fingerprint density at radius 3 is 2.58 bits per heavy atom.